The van der Waals surface area contributed by atoms with E-state index < -0.39 is 0 Å². The van der Waals surface area contributed by atoms with Crippen LogP contribution in [0.5, 0.6) is 5.75 Å². The summed E-state index contributed by atoms with van der Waals surface area (Å²) in [6.07, 6.45) is 5.72. The summed E-state index contributed by atoms with van der Waals surface area (Å²) in [6, 6.07) is 8.73. The molecule has 2 heteroatoms. The summed E-state index contributed by atoms with van der Waals surface area (Å²) in [4.78, 5) is 0. The molecule has 0 spiro atoms. The second kappa shape index (κ2) is 8.13. The van der Waals surface area contributed by atoms with Crippen LogP contribution in [-0.2, 0) is 6.42 Å². The maximum atomic E-state index is 5.68. The van der Waals surface area contributed by atoms with Crippen molar-refractivity contribution in [2.45, 2.75) is 52.0 Å². The Bertz CT molecular complexity index is 292. The third kappa shape index (κ3) is 6.32. The van der Waals surface area contributed by atoms with Gasteiger partial charge in [0.05, 0.1) is 6.61 Å². The second-order valence-electron chi connectivity index (χ2n) is 4.72. The molecule has 0 bridgehead atoms. The van der Waals surface area contributed by atoms with Gasteiger partial charge >= 0.3 is 0 Å². The molecule has 2 N–H and O–H groups in total. The van der Waals surface area contributed by atoms with Crippen molar-refractivity contribution >= 4 is 0 Å². The van der Waals surface area contributed by atoms with Crippen molar-refractivity contribution in [1.82, 2.24) is 0 Å². The zero-order valence-corrected chi connectivity index (χ0v) is 11.1. The first kappa shape index (κ1) is 14.0. The first-order valence-corrected chi connectivity index (χ1v) is 6.69. The van der Waals surface area contributed by atoms with Crippen molar-refractivity contribution in [3.63, 3.8) is 0 Å². The van der Waals surface area contributed by atoms with Crippen molar-refractivity contribution in [2.75, 3.05) is 6.61 Å². The molecule has 0 aliphatic heterocycles. The summed E-state index contributed by atoms with van der Waals surface area (Å²) in [5.74, 6) is 0.968. The molecule has 1 atom stereocenters. The maximum Gasteiger partial charge on any atom is 0.119 e. The Morgan fingerprint density at radius 2 is 1.88 bits per heavy atom. The van der Waals surface area contributed by atoms with Gasteiger partial charge in [0.25, 0.3) is 0 Å². The van der Waals surface area contributed by atoms with Gasteiger partial charge in [-0.05, 0) is 50.3 Å². The van der Waals surface area contributed by atoms with Crippen molar-refractivity contribution in [3.05, 3.63) is 29.8 Å². The van der Waals surface area contributed by atoms with Gasteiger partial charge in [0.15, 0.2) is 0 Å². The number of aryl methyl sites for hydroxylation is 1. The van der Waals surface area contributed by atoms with E-state index in [1.165, 1.54) is 24.8 Å². The molecule has 0 amide bonds. The first-order chi connectivity index (χ1) is 8.22. The number of ether oxygens (including phenoxy) is 1. The van der Waals surface area contributed by atoms with Gasteiger partial charge in [0.2, 0.25) is 0 Å². The Labute approximate surface area is 105 Å². The maximum absolute atomic E-state index is 5.68. The van der Waals surface area contributed by atoms with Gasteiger partial charge in [-0.15, -0.1) is 0 Å². The van der Waals surface area contributed by atoms with Crippen molar-refractivity contribution in [2.24, 2.45) is 5.73 Å². The van der Waals surface area contributed by atoms with Crippen molar-refractivity contribution in [3.8, 4) is 5.75 Å². The Morgan fingerprint density at radius 1 is 1.18 bits per heavy atom. The molecule has 0 aliphatic carbocycles. The van der Waals surface area contributed by atoms with Gasteiger partial charge in [-0.1, -0.05) is 25.5 Å². The van der Waals surface area contributed by atoms with Crippen LogP contribution in [0.2, 0.25) is 0 Å². The smallest absolute Gasteiger partial charge is 0.119 e. The van der Waals surface area contributed by atoms with E-state index in [4.69, 9.17) is 10.5 Å². The summed E-state index contributed by atoms with van der Waals surface area (Å²) >= 11 is 0. The SMILES string of the molecule is CCCCc1ccc(OCCCC(C)N)cc1. The molecule has 1 aromatic carbocycles. The lowest BCUT2D eigenvalue weighted by Gasteiger charge is -2.08. The number of hydrogen-bond donors (Lipinski definition) is 1. The van der Waals surface area contributed by atoms with Gasteiger partial charge in [-0.2, -0.15) is 0 Å². The summed E-state index contributed by atoms with van der Waals surface area (Å²) in [6.45, 7) is 5.01. The van der Waals surface area contributed by atoms with Crippen LogP contribution in [0.4, 0.5) is 0 Å². The highest BCUT2D eigenvalue weighted by atomic mass is 16.5. The standard InChI is InChI=1S/C15H25NO/c1-3-4-7-14-8-10-15(11-9-14)17-12-5-6-13(2)16/h8-11,13H,3-7,12,16H2,1-2H3. The molecule has 1 rings (SSSR count). The van der Waals surface area contributed by atoms with Crippen LogP contribution >= 0.6 is 0 Å². The summed E-state index contributed by atoms with van der Waals surface area (Å²) in [5.41, 5.74) is 7.08. The van der Waals surface area contributed by atoms with Crippen LogP contribution in [-0.4, -0.2) is 12.6 Å². The predicted octanol–water partition coefficient (Wildman–Crippen LogP) is 3.54. The Kier molecular flexibility index (Phi) is 6.71. The molecule has 0 saturated carbocycles. The minimum atomic E-state index is 0.273. The van der Waals surface area contributed by atoms with E-state index in [2.05, 4.69) is 31.2 Å². The number of hydrogen-bond acceptors (Lipinski definition) is 2. The van der Waals surface area contributed by atoms with Crippen LogP contribution < -0.4 is 10.5 Å². The van der Waals surface area contributed by atoms with E-state index in [9.17, 15) is 0 Å². The largest absolute Gasteiger partial charge is 0.494 e. The number of nitrogens with two attached hydrogens (primary N) is 1. The van der Waals surface area contributed by atoms with Crippen LogP contribution in [0, 0.1) is 0 Å². The van der Waals surface area contributed by atoms with Gasteiger partial charge in [-0.25, -0.2) is 0 Å². The molecule has 1 unspecified atom stereocenters. The van der Waals surface area contributed by atoms with Crippen LogP contribution in [0.1, 0.15) is 45.1 Å². The van der Waals surface area contributed by atoms with E-state index in [1.54, 1.807) is 0 Å². The highest BCUT2D eigenvalue weighted by molar-refractivity contribution is 5.27. The van der Waals surface area contributed by atoms with E-state index in [0.29, 0.717) is 0 Å². The molecule has 0 aliphatic rings. The molecule has 0 fully saturated rings. The lowest BCUT2D eigenvalue weighted by molar-refractivity contribution is 0.303. The highest BCUT2D eigenvalue weighted by Crippen LogP contribution is 2.14. The minimum Gasteiger partial charge on any atom is -0.494 e. The lowest BCUT2D eigenvalue weighted by Crippen LogP contribution is -2.15. The molecular weight excluding hydrogens is 210 g/mol. The van der Waals surface area contributed by atoms with Gasteiger partial charge in [0.1, 0.15) is 5.75 Å². The number of benzene rings is 1. The summed E-state index contributed by atoms with van der Waals surface area (Å²) < 4.78 is 5.66. The zero-order valence-electron chi connectivity index (χ0n) is 11.1. The third-order valence-corrected chi connectivity index (χ3v) is 2.81. The molecule has 1 aromatic rings. The Balaban J connectivity index is 2.25. The molecule has 2 nitrogen and oxygen atoms in total. The minimum absolute atomic E-state index is 0.273. The monoisotopic (exact) mass is 235 g/mol. The van der Waals surface area contributed by atoms with Crippen molar-refractivity contribution < 1.29 is 4.74 Å². The molecule has 17 heavy (non-hydrogen) atoms. The Morgan fingerprint density at radius 3 is 2.47 bits per heavy atom. The summed E-state index contributed by atoms with van der Waals surface area (Å²) in [5, 5.41) is 0. The number of unbranched alkanes of at least 4 members (excludes halogenated alkanes) is 1. The quantitative estimate of drug-likeness (QED) is 0.699. The van der Waals surface area contributed by atoms with E-state index in [-0.39, 0.29) is 6.04 Å². The number of rotatable bonds is 8. The van der Waals surface area contributed by atoms with Crippen molar-refractivity contribution in [1.29, 1.82) is 0 Å². The third-order valence-electron chi connectivity index (χ3n) is 2.81. The second-order valence-corrected chi connectivity index (χ2v) is 4.72. The molecule has 0 heterocycles. The fourth-order valence-corrected chi connectivity index (χ4v) is 1.73. The van der Waals surface area contributed by atoms with Gasteiger partial charge in [0, 0.05) is 6.04 Å². The molecule has 0 radical (unpaired) electrons. The lowest BCUT2D eigenvalue weighted by atomic mass is 10.1. The fraction of sp³-hybridized carbons (Fsp3) is 0.600. The molecule has 0 aromatic heterocycles. The fourth-order valence-electron chi connectivity index (χ4n) is 1.73. The van der Waals surface area contributed by atoms with Crippen LogP contribution in [0.25, 0.3) is 0 Å². The average Bonchev–Trinajstić information content (AvgIpc) is 2.33. The van der Waals surface area contributed by atoms with Gasteiger partial charge in [-0.3, -0.25) is 0 Å². The molecule has 96 valence electrons. The van der Waals surface area contributed by atoms with E-state index >= 15 is 0 Å². The summed E-state index contributed by atoms with van der Waals surface area (Å²) in [7, 11) is 0. The average molecular weight is 235 g/mol. The predicted molar refractivity (Wildman–Crippen MR) is 73.4 cm³/mol. The van der Waals surface area contributed by atoms with Crippen LogP contribution in [0.3, 0.4) is 0 Å². The zero-order chi connectivity index (χ0) is 12.5. The van der Waals surface area contributed by atoms with E-state index in [0.717, 1.165) is 25.2 Å². The first-order valence-electron chi connectivity index (χ1n) is 6.69. The topological polar surface area (TPSA) is 35.2 Å². The van der Waals surface area contributed by atoms with Gasteiger partial charge < -0.3 is 10.5 Å². The normalized spacial score (nSPS) is 12.4. The molecule has 0 saturated heterocycles. The molecular formula is C15H25NO. The van der Waals surface area contributed by atoms with E-state index in [1.807, 2.05) is 6.92 Å². The van der Waals surface area contributed by atoms with Crippen LogP contribution in [0.15, 0.2) is 24.3 Å². The Hall–Kier alpha value is -1.02. The highest BCUT2D eigenvalue weighted by Gasteiger charge is 1.97.